The quantitative estimate of drug-likeness (QED) is 0.0323. The Labute approximate surface area is 539 Å². The van der Waals surface area contributed by atoms with E-state index in [1.807, 2.05) is 0 Å². The van der Waals surface area contributed by atoms with Gasteiger partial charge in [-0.15, -0.1) is 0 Å². The van der Waals surface area contributed by atoms with Gasteiger partial charge in [-0.2, -0.15) is 0 Å². The first-order valence-corrected chi connectivity index (χ1v) is 37.9. The third kappa shape index (κ3) is 81.2. The number of nitrogens with zero attached hydrogens (tertiary/aromatic N) is 2. The molecule has 0 saturated heterocycles. The fraction of sp³-hybridized carbons (Fsp3) is 1.00. The van der Waals surface area contributed by atoms with E-state index in [0.29, 0.717) is 0 Å². The molecule has 2 nitrogen and oxygen atoms in total. The maximum absolute atomic E-state index is 2.47. The van der Waals surface area contributed by atoms with Crippen LogP contribution < -0.4 is 41.0 Å². The number of hydrogen-bond donors (Lipinski definition) is 0. The SMILES string of the molecule is CCCCCCCCCCCCCCCCCC[N+](C)(C)CCCCCCCCCCCCCCCCCC.CCCCCCCCCCCCCCCCCC[N+](C)(C)CCCCCCCCCCCCCCCCCC.[Br-].[I-]. The van der Waals surface area contributed by atoms with Gasteiger partial charge in [-0.05, 0) is 51.4 Å². The second kappa shape index (κ2) is 76.2. The van der Waals surface area contributed by atoms with E-state index in [4.69, 9.17) is 0 Å². The average Bonchev–Trinajstić information content (AvgIpc) is 3.42. The molecule has 0 fully saturated rings. The molecule has 0 bridgehead atoms. The molecule has 0 radical (unpaired) electrons. The Morgan fingerprint density at radius 1 is 0.138 bits per heavy atom. The zero-order valence-electron chi connectivity index (χ0n) is 57.7. The Morgan fingerprint density at radius 2 is 0.212 bits per heavy atom. The van der Waals surface area contributed by atoms with Gasteiger partial charge in [0.1, 0.15) is 0 Å². The van der Waals surface area contributed by atoms with E-state index in [0.717, 1.165) is 0 Å². The fourth-order valence-corrected chi connectivity index (χ4v) is 12.6. The summed E-state index contributed by atoms with van der Waals surface area (Å²) >= 11 is 0. The van der Waals surface area contributed by atoms with E-state index >= 15 is 0 Å². The molecular formula is C76H160BrIN2. The van der Waals surface area contributed by atoms with Gasteiger partial charge in [-0.3, -0.25) is 0 Å². The largest absolute Gasteiger partial charge is 1.00 e. The molecule has 0 aliphatic heterocycles. The standard InChI is InChI=1S/2C38H80N.BrH.HI/c2*1-5-7-9-11-13-15-17-19-21-23-25-27-29-31-33-35-37-39(3,4)38-36-34-32-30-28-26-24-22-20-18-16-14-12-10-8-6-2;;/h2*5-38H2,1-4H3;2*1H/q2*+1;;/p-2. The third-order valence-electron chi connectivity index (χ3n) is 18.5. The molecule has 0 aromatic carbocycles. The Hall–Kier alpha value is 1.13. The van der Waals surface area contributed by atoms with Crippen LogP contribution >= 0.6 is 0 Å². The Kier molecular flexibility index (Phi) is 83.4. The van der Waals surface area contributed by atoms with E-state index in [1.54, 1.807) is 0 Å². The van der Waals surface area contributed by atoms with E-state index in [2.05, 4.69) is 55.9 Å². The minimum atomic E-state index is 0. The lowest BCUT2D eigenvalue weighted by Crippen LogP contribution is -3.00. The summed E-state index contributed by atoms with van der Waals surface area (Å²) < 4.78 is 2.49. The van der Waals surface area contributed by atoms with Crippen molar-refractivity contribution in [2.24, 2.45) is 0 Å². The highest BCUT2D eigenvalue weighted by molar-refractivity contribution is 4.56. The van der Waals surface area contributed by atoms with Crippen molar-refractivity contribution in [3.05, 3.63) is 0 Å². The summed E-state index contributed by atoms with van der Waals surface area (Å²) in [5.41, 5.74) is 0. The highest BCUT2D eigenvalue weighted by Gasteiger charge is 2.15. The molecule has 488 valence electrons. The van der Waals surface area contributed by atoms with Crippen molar-refractivity contribution in [2.45, 2.75) is 439 Å². The second-order valence-electron chi connectivity index (χ2n) is 28.0. The van der Waals surface area contributed by atoms with Crippen LogP contribution in [0.3, 0.4) is 0 Å². The van der Waals surface area contributed by atoms with Crippen LogP contribution in [-0.4, -0.2) is 63.3 Å². The number of unbranched alkanes of at least 4 members (excludes halogenated alkanes) is 60. The molecule has 0 unspecified atom stereocenters. The lowest BCUT2D eigenvalue weighted by Gasteiger charge is -2.30. The molecule has 0 aliphatic carbocycles. The van der Waals surface area contributed by atoms with Gasteiger partial charge in [0.15, 0.2) is 0 Å². The summed E-state index contributed by atoms with van der Waals surface area (Å²) in [4.78, 5) is 0. The second-order valence-corrected chi connectivity index (χ2v) is 28.0. The molecule has 4 heteroatoms. The molecular weight excluding hydrogens is 1150 g/mol. The van der Waals surface area contributed by atoms with Gasteiger partial charge in [0.05, 0.1) is 54.4 Å². The van der Waals surface area contributed by atoms with E-state index in [1.165, 1.54) is 446 Å². The van der Waals surface area contributed by atoms with Crippen LogP contribution in [0.5, 0.6) is 0 Å². The van der Waals surface area contributed by atoms with Crippen LogP contribution in [0.2, 0.25) is 0 Å². The molecule has 0 heterocycles. The van der Waals surface area contributed by atoms with Gasteiger partial charge < -0.3 is 49.9 Å². The van der Waals surface area contributed by atoms with E-state index < -0.39 is 0 Å². The number of quaternary nitrogens is 2. The van der Waals surface area contributed by atoms with Gasteiger partial charge in [0.25, 0.3) is 0 Å². The molecule has 0 atom stereocenters. The number of hydrogen-bond acceptors (Lipinski definition) is 0. The van der Waals surface area contributed by atoms with Crippen molar-refractivity contribution >= 4 is 0 Å². The predicted molar refractivity (Wildman–Crippen MR) is 362 cm³/mol. The van der Waals surface area contributed by atoms with Gasteiger partial charge in [-0.1, -0.05) is 387 Å². The average molecular weight is 1310 g/mol. The molecule has 80 heavy (non-hydrogen) atoms. The zero-order valence-corrected chi connectivity index (χ0v) is 61.5. The summed E-state index contributed by atoms with van der Waals surface area (Å²) in [6.45, 7) is 14.8. The molecule has 0 N–H and O–H groups in total. The first kappa shape index (κ1) is 87.6. The van der Waals surface area contributed by atoms with Crippen molar-refractivity contribution in [1.29, 1.82) is 0 Å². The minimum absolute atomic E-state index is 0. The molecule has 0 aromatic heterocycles. The van der Waals surface area contributed by atoms with Gasteiger partial charge in [-0.25, -0.2) is 0 Å². The summed E-state index contributed by atoms with van der Waals surface area (Å²) in [6.07, 6.45) is 93.9. The van der Waals surface area contributed by atoms with Crippen molar-refractivity contribution in [1.82, 2.24) is 0 Å². The van der Waals surface area contributed by atoms with E-state index in [9.17, 15) is 0 Å². The number of halogens is 2. The topological polar surface area (TPSA) is 0 Å². The van der Waals surface area contributed by atoms with Gasteiger partial charge >= 0.3 is 0 Å². The molecule has 0 amide bonds. The first-order chi connectivity index (χ1) is 38.2. The minimum Gasteiger partial charge on any atom is -1.00 e. The van der Waals surface area contributed by atoms with Crippen LogP contribution in [-0.2, 0) is 0 Å². The summed E-state index contributed by atoms with van der Waals surface area (Å²) in [6, 6.07) is 0. The van der Waals surface area contributed by atoms with Crippen molar-refractivity contribution in [3.63, 3.8) is 0 Å². The first-order valence-electron chi connectivity index (χ1n) is 37.9. The van der Waals surface area contributed by atoms with Crippen LogP contribution in [0.4, 0.5) is 0 Å². The van der Waals surface area contributed by atoms with Crippen molar-refractivity contribution in [3.8, 4) is 0 Å². The highest BCUT2D eigenvalue weighted by Crippen LogP contribution is 2.20. The predicted octanol–water partition coefficient (Wildman–Crippen LogP) is 21.2. The lowest BCUT2D eigenvalue weighted by atomic mass is 10.0. The van der Waals surface area contributed by atoms with Crippen LogP contribution in [0.25, 0.3) is 0 Å². The normalized spacial score (nSPS) is 11.7. The third-order valence-corrected chi connectivity index (χ3v) is 18.5. The van der Waals surface area contributed by atoms with E-state index in [-0.39, 0.29) is 41.0 Å². The Morgan fingerprint density at radius 3 is 0.300 bits per heavy atom. The summed E-state index contributed by atoms with van der Waals surface area (Å²) in [5.74, 6) is 0. The summed E-state index contributed by atoms with van der Waals surface area (Å²) in [7, 11) is 9.87. The Balaban J connectivity index is -0.000000704. The maximum atomic E-state index is 2.47. The van der Waals surface area contributed by atoms with Crippen LogP contribution in [0.1, 0.15) is 439 Å². The Bertz CT molecular complexity index is 876. The summed E-state index contributed by atoms with van der Waals surface area (Å²) in [5, 5.41) is 0. The smallest absolute Gasteiger partial charge is 0.0782 e. The molecule has 0 aliphatic rings. The van der Waals surface area contributed by atoms with Crippen LogP contribution in [0, 0.1) is 0 Å². The molecule has 0 rings (SSSR count). The van der Waals surface area contributed by atoms with Crippen LogP contribution in [0.15, 0.2) is 0 Å². The van der Waals surface area contributed by atoms with Crippen molar-refractivity contribution in [2.75, 3.05) is 54.4 Å². The number of rotatable bonds is 68. The fourth-order valence-electron chi connectivity index (χ4n) is 12.6. The zero-order chi connectivity index (χ0) is 57.1. The molecule has 0 aromatic rings. The molecule has 0 spiro atoms. The highest BCUT2D eigenvalue weighted by atomic mass is 127. The maximum Gasteiger partial charge on any atom is 0.0782 e. The monoisotopic (exact) mass is 1310 g/mol. The van der Waals surface area contributed by atoms with Crippen molar-refractivity contribution < 1.29 is 49.9 Å². The lowest BCUT2D eigenvalue weighted by molar-refractivity contribution is -0.890. The van der Waals surface area contributed by atoms with Gasteiger partial charge in [0, 0.05) is 0 Å². The van der Waals surface area contributed by atoms with Gasteiger partial charge in [0.2, 0.25) is 0 Å². The molecule has 0 saturated carbocycles.